The Labute approximate surface area is 209 Å². The molecule has 5 heterocycles. The molecular weight excluding hydrogens is 494 g/mol. The lowest BCUT2D eigenvalue weighted by atomic mass is 9.93. The van der Waals surface area contributed by atoms with Gasteiger partial charge in [0.15, 0.2) is 5.58 Å². The maximum absolute atomic E-state index is 13.5. The zero-order chi connectivity index (χ0) is 26.3. The molecule has 2 saturated heterocycles. The first-order valence-electron chi connectivity index (χ1n) is 11.9. The van der Waals surface area contributed by atoms with E-state index in [0.29, 0.717) is 37.3 Å². The van der Waals surface area contributed by atoms with E-state index in [-0.39, 0.29) is 42.2 Å². The Morgan fingerprint density at radius 2 is 2.05 bits per heavy atom. The second-order valence-electron chi connectivity index (χ2n) is 9.64. The van der Waals surface area contributed by atoms with Crippen LogP contribution >= 0.6 is 0 Å². The van der Waals surface area contributed by atoms with E-state index in [0.717, 1.165) is 5.56 Å². The SMILES string of the molecule is Nc1oc2cc(CN3CCC(F)C3)cnc2c1C(=O)Nc1cnccc1N1CC(N)CC(C(F)(F)F)C1. The lowest BCUT2D eigenvalue weighted by Crippen LogP contribution is -2.51. The quantitative estimate of drug-likeness (QED) is 0.437. The van der Waals surface area contributed by atoms with E-state index in [1.165, 1.54) is 23.4 Å². The number of nitrogen functional groups attached to an aromatic ring is 1. The molecule has 3 atom stereocenters. The standard InChI is InChI=1S/C24H27F4N7O2/c25-15-2-4-34(11-15)9-13-5-19-21(32-7-13)20(22(30)37-19)23(36)33-17-8-31-3-1-18(17)35-10-14(24(26,27)28)6-16(29)12-35/h1,3,5,7-8,14-16H,2,4,6,9-12,29-30H2,(H,33,36). The van der Waals surface area contributed by atoms with Crippen LogP contribution in [0.3, 0.4) is 0 Å². The molecule has 3 aromatic rings. The molecule has 2 aliphatic heterocycles. The average Bonchev–Trinajstić information content (AvgIpc) is 3.39. The lowest BCUT2D eigenvalue weighted by Gasteiger charge is -2.39. The number of piperidine rings is 1. The van der Waals surface area contributed by atoms with Crippen LogP contribution in [0.2, 0.25) is 0 Å². The Morgan fingerprint density at radius 3 is 2.78 bits per heavy atom. The summed E-state index contributed by atoms with van der Waals surface area (Å²) in [4.78, 5) is 25.1. The summed E-state index contributed by atoms with van der Waals surface area (Å²) in [7, 11) is 0. The Kier molecular flexibility index (Phi) is 6.67. The third-order valence-electron chi connectivity index (χ3n) is 6.79. The highest BCUT2D eigenvalue weighted by Crippen LogP contribution is 2.37. The van der Waals surface area contributed by atoms with Gasteiger partial charge in [0.2, 0.25) is 5.88 Å². The molecule has 1 amide bonds. The number of carbonyl (C=O) groups excluding carboxylic acids is 1. The number of anilines is 3. The predicted octanol–water partition coefficient (Wildman–Crippen LogP) is 3.32. The zero-order valence-electron chi connectivity index (χ0n) is 19.8. The van der Waals surface area contributed by atoms with E-state index in [1.807, 2.05) is 4.90 Å². The number of rotatable bonds is 5. The van der Waals surface area contributed by atoms with Crippen LogP contribution in [0.25, 0.3) is 11.1 Å². The van der Waals surface area contributed by atoms with Crippen molar-refractivity contribution in [1.82, 2.24) is 14.9 Å². The molecule has 5 rings (SSSR count). The van der Waals surface area contributed by atoms with Crippen molar-refractivity contribution in [2.45, 2.75) is 37.8 Å². The highest BCUT2D eigenvalue weighted by Gasteiger charge is 2.44. The smallest absolute Gasteiger partial charge is 0.393 e. The van der Waals surface area contributed by atoms with E-state index in [2.05, 4.69) is 15.3 Å². The summed E-state index contributed by atoms with van der Waals surface area (Å²) in [5.41, 5.74) is 13.9. The minimum Gasteiger partial charge on any atom is -0.438 e. The number of likely N-dealkylation sites (tertiary alicyclic amines) is 1. The number of halogens is 4. The summed E-state index contributed by atoms with van der Waals surface area (Å²) in [6.45, 7) is 1.39. The van der Waals surface area contributed by atoms with Crippen molar-refractivity contribution in [3.8, 4) is 0 Å². The number of aromatic nitrogens is 2. The van der Waals surface area contributed by atoms with Crippen molar-refractivity contribution in [1.29, 1.82) is 0 Å². The number of carbonyl (C=O) groups is 1. The molecule has 198 valence electrons. The van der Waals surface area contributed by atoms with Crippen molar-refractivity contribution < 1.29 is 26.8 Å². The van der Waals surface area contributed by atoms with Crippen LogP contribution in [0.15, 0.2) is 35.1 Å². The van der Waals surface area contributed by atoms with Gasteiger partial charge >= 0.3 is 6.18 Å². The number of hydrogen-bond donors (Lipinski definition) is 3. The normalized spacial score (nSPS) is 23.1. The number of alkyl halides is 4. The summed E-state index contributed by atoms with van der Waals surface area (Å²) in [5.74, 6) is -2.37. The van der Waals surface area contributed by atoms with Gasteiger partial charge < -0.3 is 26.1 Å². The highest BCUT2D eigenvalue weighted by atomic mass is 19.4. The lowest BCUT2D eigenvalue weighted by molar-refractivity contribution is -0.177. The van der Waals surface area contributed by atoms with Gasteiger partial charge in [0.05, 0.1) is 23.5 Å². The van der Waals surface area contributed by atoms with Crippen LogP contribution in [0.5, 0.6) is 0 Å². The van der Waals surface area contributed by atoms with Gasteiger partial charge in [-0.25, -0.2) is 4.39 Å². The second-order valence-corrected chi connectivity index (χ2v) is 9.64. The van der Waals surface area contributed by atoms with Crippen molar-refractivity contribution in [2.24, 2.45) is 11.7 Å². The van der Waals surface area contributed by atoms with Gasteiger partial charge in [0.25, 0.3) is 5.91 Å². The van der Waals surface area contributed by atoms with Crippen LogP contribution in [0, 0.1) is 5.92 Å². The third kappa shape index (κ3) is 5.32. The molecule has 13 heteroatoms. The monoisotopic (exact) mass is 521 g/mol. The van der Waals surface area contributed by atoms with Crippen LogP contribution < -0.4 is 21.7 Å². The molecule has 37 heavy (non-hydrogen) atoms. The van der Waals surface area contributed by atoms with Gasteiger partial charge in [-0.15, -0.1) is 0 Å². The van der Waals surface area contributed by atoms with Crippen LogP contribution in [-0.2, 0) is 6.54 Å². The average molecular weight is 522 g/mol. The Balaban J connectivity index is 1.37. The number of nitrogens with one attached hydrogen (secondary N) is 1. The Morgan fingerprint density at radius 1 is 1.24 bits per heavy atom. The Hall–Kier alpha value is -3.45. The number of hydrogen-bond acceptors (Lipinski definition) is 8. The predicted molar refractivity (Wildman–Crippen MR) is 130 cm³/mol. The van der Waals surface area contributed by atoms with E-state index in [4.69, 9.17) is 15.9 Å². The van der Waals surface area contributed by atoms with Crippen LogP contribution in [0.1, 0.15) is 28.8 Å². The minimum atomic E-state index is -4.39. The van der Waals surface area contributed by atoms with Crippen molar-refractivity contribution in [3.05, 3.63) is 41.9 Å². The summed E-state index contributed by atoms with van der Waals surface area (Å²) in [6, 6.07) is 2.56. The maximum atomic E-state index is 13.5. The van der Waals surface area contributed by atoms with Gasteiger partial charge in [-0.3, -0.25) is 19.7 Å². The second kappa shape index (κ2) is 9.78. The molecule has 0 saturated carbocycles. The van der Waals surface area contributed by atoms with Crippen molar-refractivity contribution in [3.63, 3.8) is 0 Å². The topological polar surface area (TPSA) is 127 Å². The maximum Gasteiger partial charge on any atom is 0.393 e. The molecule has 0 aromatic carbocycles. The number of amides is 1. The van der Waals surface area contributed by atoms with Gasteiger partial charge in [-0.2, -0.15) is 13.2 Å². The van der Waals surface area contributed by atoms with Crippen LogP contribution in [-0.4, -0.2) is 65.3 Å². The van der Waals surface area contributed by atoms with E-state index in [1.54, 1.807) is 12.3 Å². The number of fused-ring (bicyclic) bond motifs is 1. The minimum absolute atomic E-state index is 0.00450. The fraction of sp³-hybridized carbons (Fsp3) is 0.458. The molecule has 2 fully saturated rings. The fourth-order valence-corrected chi connectivity index (χ4v) is 5.05. The molecule has 3 aromatic heterocycles. The zero-order valence-corrected chi connectivity index (χ0v) is 19.8. The molecule has 0 spiro atoms. The van der Waals surface area contributed by atoms with Crippen molar-refractivity contribution >= 4 is 34.3 Å². The van der Waals surface area contributed by atoms with E-state index >= 15 is 0 Å². The molecule has 9 nitrogen and oxygen atoms in total. The largest absolute Gasteiger partial charge is 0.438 e. The van der Waals surface area contributed by atoms with Gasteiger partial charge in [0.1, 0.15) is 17.3 Å². The first kappa shape index (κ1) is 25.2. The number of nitrogens with zero attached hydrogens (tertiary/aromatic N) is 4. The van der Waals surface area contributed by atoms with E-state index in [9.17, 15) is 22.4 Å². The molecule has 2 aliphatic rings. The number of nitrogens with two attached hydrogens (primary N) is 2. The van der Waals surface area contributed by atoms with Gasteiger partial charge in [-0.05, 0) is 30.5 Å². The summed E-state index contributed by atoms with van der Waals surface area (Å²) >= 11 is 0. The molecular formula is C24H27F4N7O2. The molecule has 0 radical (unpaired) electrons. The highest BCUT2D eigenvalue weighted by molar-refractivity contribution is 6.15. The third-order valence-corrected chi connectivity index (χ3v) is 6.79. The fourth-order valence-electron chi connectivity index (χ4n) is 5.05. The molecule has 0 aliphatic carbocycles. The van der Waals surface area contributed by atoms with Gasteiger partial charge in [-0.1, -0.05) is 0 Å². The number of pyridine rings is 2. The Bertz CT molecular complexity index is 1300. The molecule has 3 unspecified atom stereocenters. The summed E-state index contributed by atoms with van der Waals surface area (Å²) < 4.78 is 59.4. The first-order valence-corrected chi connectivity index (χ1v) is 11.9. The number of furan rings is 1. The summed E-state index contributed by atoms with van der Waals surface area (Å²) in [5, 5.41) is 2.69. The summed E-state index contributed by atoms with van der Waals surface area (Å²) in [6.07, 6.45) is -0.527. The molecule has 5 N–H and O–H groups in total. The van der Waals surface area contributed by atoms with E-state index < -0.39 is 30.2 Å². The van der Waals surface area contributed by atoms with Gasteiger partial charge in [0, 0.05) is 51.2 Å². The van der Waals surface area contributed by atoms with Crippen LogP contribution in [0.4, 0.5) is 34.8 Å². The van der Waals surface area contributed by atoms with Crippen molar-refractivity contribution in [2.75, 3.05) is 42.1 Å². The first-order chi connectivity index (χ1) is 17.6. The molecule has 0 bridgehead atoms.